The summed E-state index contributed by atoms with van der Waals surface area (Å²) in [5.74, 6) is 0.977. The van der Waals surface area contributed by atoms with Crippen LogP contribution in [0, 0.1) is 0 Å². The number of nitrogens with one attached hydrogen (secondary N) is 1. The number of nitrogens with two attached hydrogens (primary N) is 1. The molecule has 0 radical (unpaired) electrons. The highest BCUT2D eigenvalue weighted by atomic mass is 16.6. The number of anilines is 1. The third-order valence-electron chi connectivity index (χ3n) is 4.24. The van der Waals surface area contributed by atoms with Gasteiger partial charge < -0.3 is 25.0 Å². The Kier molecular flexibility index (Phi) is 4.95. The van der Waals surface area contributed by atoms with E-state index in [1.165, 1.54) is 0 Å². The molecular weight excluding hydrogens is 336 g/mol. The number of likely N-dealkylation sites (tertiary alicyclic amines) is 1. The van der Waals surface area contributed by atoms with Crippen LogP contribution in [-0.2, 0) is 11.3 Å². The Morgan fingerprint density at radius 2 is 2.23 bits per heavy atom. The molecule has 1 atom stereocenters. The molecule has 3 N–H and O–H groups in total. The summed E-state index contributed by atoms with van der Waals surface area (Å²) in [5, 5.41) is 7.43. The molecule has 1 unspecified atom stereocenters. The molecule has 0 aliphatic carbocycles. The summed E-state index contributed by atoms with van der Waals surface area (Å²) in [7, 11) is 1.60. The lowest BCUT2D eigenvalue weighted by Gasteiger charge is -2.22. The van der Waals surface area contributed by atoms with E-state index >= 15 is 0 Å². The van der Waals surface area contributed by atoms with Crippen molar-refractivity contribution >= 4 is 22.9 Å². The molecule has 8 heteroatoms. The van der Waals surface area contributed by atoms with Crippen LogP contribution in [0.15, 0.2) is 16.7 Å². The van der Waals surface area contributed by atoms with Crippen molar-refractivity contribution < 1.29 is 18.8 Å². The average Bonchev–Trinajstić information content (AvgIpc) is 3.12. The molecule has 8 nitrogen and oxygen atoms in total. The van der Waals surface area contributed by atoms with Crippen molar-refractivity contribution in [1.29, 1.82) is 0 Å². The SMILES string of the molecule is COc1cc(CN2CCC(NC(=O)OC(C)(C)C)C2)cc2onc(N)c12. The van der Waals surface area contributed by atoms with E-state index in [2.05, 4.69) is 15.4 Å². The summed E-state index contributed by atoms with van der Waals surface area (Å²) >= 11 is 0. The smallest absolute Gasteiger partial charge is 0.407 e. The van der Waals surface area contributed by atoms with E-state index in [0.717, 1.165) is 31.6 Å². The number of alkyl carbamates (subject to hydrolysis) is 1. The number of benzene rings is 1. The standard InChI is InChI=1S/C18H26N4O4/c1-18(2,3)25-17(23)20-12-5-6-22(10-12)9-11-7-13(24-4)15-14(8-11)26-21-16(15)19/h7-8,12H,5-6,9-10H2,1-4H3,(H2,19,21)(H,20,23). The molecule has 0 spiro atoms. The zero-order valence-electron chi connectivity index (χ0n) is 15.7. The monoisotopic (exact) mass is 362 g/mol. The molecule has 1 aliphatic heterocycles. The Morgan fingerprint density at radius 3 is 2.92 bits per heavy atom. The van der Waals surface area contributed by atoms with E-state index in [0.29, 0.717) is 22.5 Å². The largest absolute Gasteiger partial charge is 0.496 e. The second kappa shape index (κ2) is 7.03. The number of carbonyl (C=O) groups excluding carboxylic acids is 1. The van der Waals surface area contributed by atoms with Gasteiger partial charge in [0, 0.05) is 25.7 Å². The average molecular weight is 362 g/mol. The first-order valence-electron chi connectivity index (χ1n) is 8.69. The van der Waals surface area contributed by atoms with E-state index in [-0.39, 0.29) is 12.1 Å². The molecule has 1 aliphatic rings. The number of nitrogens with zero attached hydrogens (tertiary/aromatic N) is 2. The fraction of sp³-hybridized carbons (Fsp3) is 0.556. The van der Waals surface area contributed by atoms with Crippen molar-refractivity contribution in [2.45, 2.75) is 45.4 Å². The quantitative estimate of drug-likeness (QED) is 0.861. The number of rotatable bonds is 4. The third-order valence-corrected chi connectivity index (χ3v) is 4.24. The van der Waals surface area contributed by atoms with E-state index in [9.17, 15) is 4.79 Å². The molecule has 2 heterocycles. The van der Waals surface area contributed by atoms with E-state index < -0.39 is 5.60 Å². The second-order valence-corrected chi connectivity index (χ2v) is 7.61. The van der Waals surface area contributed by atoms with Crippen LogP contribution < -0.4 is 15.8 Å². The van der Waals surface area contributed by atoms with Crippen LogP contribution in [0.4, 0.5) is 10.6 Å². The minimum Gasteiger partial charge on any atom is -0.496 e. The van der Waals surface area contributed by atoms with E-state index in [4.69, 9.17) is 19.7 Å². The molecule has 0 saturated carbocycles. The number of amides is 1. The number of carbonyl (C=O) groups is 1. The molecule has 1 fully saturated rings. The highest BCUT2D eigenvalue weighted by Crippen LogP contribution is 2.32. The van der Waals surface area contributed by atoms with Crippen molar-refractivity contribution in [3.05, 3.63) is 17.7 Å². The summed E-state index contributed by atoms with van der Waals surface area (Å²) in [5.41, 5.74) is 6.99. The van der Waals surface area contributed by atoms with Gasteiger partial charge in [0.1, 0.15) is 16.7 Å². The first kappa shape index (κ1) is 18.3. The molecule has 142 valence electrons. The van der Waals surface area contributed by atoms with Gasteiger partial charge in [-0.15, -0.1) is 0 Å². The van der Waals surface area contributed by atoms with Gasteiger partial charge in [0.25, 0.3) is 0 Å². The second-order valence-electron chi connectivity index (χ2n) is 7.61. The van der Waals surface area contributed by atoms with Crippen molar-refractivity contribution in [1.82, 2.24) is 15.4 Å². The van der Waals surface area contributed by atoms with Crippen molar-refractivity contribution in [3.63, 3.8) is 0 Å². The van der Waals surface area contributed by atoms with Gasteiger partial charge in [0.05, 0.1) is 7.11 Å². The zero-order chi connectivity index (χ0) is 18.9. The number of hydrogen-bond acceptors (Lipinski definition) is 7. The van der Waals surface area contributed by atoms with Gasteiger partial charge in [0.2, 0.25) is 0 Å². The molecule has 26 heavy (non-hydrogen) atoms. The molecule has 2 aromatic rings. The van der Waals surface area contributed by atoms with Gasteiger partial charge >= 0.3 is 6.09 Å². The van der Waals surface area contributed by atoms with Gasteiger partial charge in [-0.05, 0) is 44.9 Å². The Bertz CT molecular complexity index is 796. The highest BCUT2D eigenvalue weighted by Gasteiger charge is 2.26. The number of hydrogen-bond donors (Lipinski definition) is 2. The first-order chi connectivity index (χ1) is 12.2. The Morgan fingerprint density at radius 1 is 1.46 bits per heavy atom. The number of fused-ring (bicyclic) bond motifs is 1. The predicted octanol–water partition coefficient (Wildman–Crippen LogP) is 2.52. The van der Waals surface area contributed by atoms with Gasteiger partial charge in [-0.25, -0.2) is 4.79 Å². The van der Waals surface area contributed by atoms with Gasteiger partial charge in [-0.3, -0.25) is 4.90 Å². The minimum atomic E-state index is -0.493. The van der Waals surface area contributed by atoms with Crippen LogP contribution in [0.2, 0.25) is 0 Å². The van der Waals surface area contributed by atoms with Crippen molar-refractivity contribution in [3.8, 4) is 5.75 Å². The lowest BCUT2D eigenvalue weighted by molar-refractivity contribution is 0.0506. The summed E-state index contributed by atoms with van der Waals surface area (Å²) in [6.07, 6.45) is 0.512. The minimum absolute atomic E-state index is 0.0800. The topological polar surface area (TPSA) is 103 Å². The van der Waals surface area contributed by atoms with Gasteiger partial charge in [-0.1, -0.05) is 5.16 Å². The van der Waals surface area contributed by atoms with Crippen molar-refractivity contribution in [2.75, 3.05) is 25.9 Å². The summed E-state index contributed by atoms with van der Waals surface area (Å²) < 4.78 is 16.0. The zero-order valence-corrected chi connectivity index (χ0v) is 15.7. The molecule has 1 aromatic heterocycles. The fourth-order valence-corrected chi connectivity index (χ4v) is 3.19. The van der Waals surface area contributed by atoms with E-state index in [1.54, 1.807) is 7.11 Å². The normalized spacial score (nSPS) is 18.2. The molecule has 1 amide bonds. The van der Waals surface area contributed by atoms with Crippen LogP contribution in [-0.4, -0.2) is 48.0 Å². The van der Waals surface area contributed by atoms with Gasteiger partial charge in [0.15, 0.2) is 11.4 Å². The lowest BCUT2D eigenvalue weighted by Crippen LogP contribution is -2.40. The van der Waals surface area contributed by atoms with Crippen LogP contribution in [0.1, 0.15) is 32.8 Å². The van der Waals surface area contributed by atoms with Crippen LogP contribution in [0.25, 0.3) is 11.0 Å². The molecule has 0 bridgehead atoms. The van der Waals surface area contributed by atoms with Crippen LogP contribution in [0.5, 0.6) is 5.75 Å². The Balaban J connectivity index is 1.62. The highest BCUT2D eigenvalue weighted by molar-refractivity contribution is 5.93. The van der Waals surface area contributed by atoms with Gasteiger partial charge in [-0.2, -0.15) is 0 Å². The Labute approximate surface area is 152 Å². The first-order valence-corrected chi connectivity index (χ1v) is 8.69. The maximum atomic E-state index is 11.9. The molecule has 1 aromatic carbocycles. The summed E-state index contributed by atoms with van der Waals surface area (Å²) in [6, 6.07) is 3.96. The van der Waals surface area contributed by atoms with E-state index in [1.807, 2.05) is 32.9 Å². The molecule has 1 saturated heterocycles. The lowest BCUT2D eigenvalue weighted by atomic mass is 10.1. The number of nitrogen functional groups attached to an aromatic ring is 1. The number of aromatic nitrogens is 1. The maximum absolute atomic E-state index is 11.9. The third kappa shape index (κ3) is 4.19. The van der Waals surface area contributed by atoms with Crippen molar-refractivity contribution in [2.24, 2.45) is 0 Å². The summed E-state index contributed by atoms with van der Waals surface area (Å²) in [4.78, 5) is 14.2. The fourth-order valence-electron chi connectivity index (χ4n) is 3.19. The molecular formula is C18H26N4O4. The maximum Gasteiger partial charge on any atom is 0.407 e. The number of ether oxygens (including phenoxy) is 2. The predicted molar refractivity (Wildman–Crippen MR) is 98.0 cm³/mol. The molecule has 3 rings (SSSR count). The van der Waals surface area contributed by atoms with Crippen LogP contribution in [0.3, 0.4) is 0 Å². The Hall–Kier alpha value is -2.48. The number of methoxy groups -OCH3 is 1. The summed E-state index contributed by atoms with van der Waals surface area (Å²) in [6.45, 7) is 7.94. The van der Waals surface area contributed by atoms with Crippen LogP contribution >= 0.6 is 0 Å².